The van der Waals surface area contributed by atoms with Gasteiger partial charge in [0.1, 0.15) is 0 Å². The number of aromatic nitrogens is 2. The number of carbonyl (C=O) groups excluding carboxylic acids is 1. The molecule has 0 atom stereocenters. The number of urea groups is 1. The molecule has 2 amide bonds. The van der Waals surface area contributed by atoms with Crippen molar-refractivity contribution >= 4 is 27.6 Å². The average molecular weight is 337 g/mol. The zero-order valence-corrected chi connectivity index (χ0v) is 13.3. The molecule has 1 aromatic heterocycles. The molecule has 2 N–H and O–H groups in total. The molecule has 5 nitrogen and oxygen atoms in total. The van der Waals surface area contributed by atoms with Crippen molar-refractivity contribution in [3.05, 3.63) is 45.7 Å². The summed E-state index contributed by atoms with van der Waals surface area (Å²) in [6.45, 7) is 4.40. The van der Waals surface area contributed by atoms with Crippen LogP contribution in [-0.2, 0) is 13.6 Å². The molecule has 1 heterocycles. The fourth-order valence-corrected chi connectivity index (χ4v) is 2.17. The number of nitrogens with one attached hydrogen (secondary N) is 2. The second-order valence-corrected chi connectivity index (χ2v) is 5.42. The van der Waals surface area contributed by atoms with Crippen LogP contribution in [0.25, 0.3) is 0 Å². The Hall–Kier alpha value is -1.82. The van der Waals surface area contributed by atoms with Crippen molar-refractivity contribution in [1.82, 2.24) is 15.1 Å². The number of aryl methyl sites for hydroxylation is 2. The van der Waals surface area contributed by atoms with Crippen LogP contribution in [0.1, 0.15) is 16.8 Å². The average Bonchev–Trinajstić information content (AvgIpc) is 2.73. The van der Waals surface area contributed by atoms with Gasteiger partial charge in [0.25, 0.3) is 0 Å². The van der Waals surface area contributed by atoms with Gasteiger partial charge in [0.2, 0.25) is 0 Å². The van der Waals surface area contributed by atoms with Gasteiger partial charge >= 0.3 is 6.03 Å². The quantitative estimate of drug-likeness (QED) is 0.904. The molecule has 0 unspecified atom stereocenters. The first-order valence-electron chi connectivity index (χ1n) is 6.26. The van der Waals surface area contributed by atoms with Crippen molar-refractivity contribution in [2.75, 3.05) is 5.32 Å². The number of nitrogens with zero attached hydrogens (tertiary/aromatic N) is 2. The van der Waals surface area contributed by atoms with Gasteiger partial charge in [-0.15, -0.1) is 0 Å². The van der Waals surface area contributed by atoms with Gasteiger partial charge in [0.05, 0.1) is 11.9 Å². The summed E-state index contributed by atoms with van der Waals surface area (Å²) in [6, 6.07) is 5.50. The number of carbonyl (C=O) groups is 1. The van der Waals surface area contributed by atoms with Gasteiger partial charge < -0.3 is 10.6 Å². The lowest BCUT2D eigenvalue weighted by Crippen LogP contribution is -2.28. The lowest BCUT2D eigenvalue weighted by molar-refractivity contribution is 0.251. The molecule has 0 saturated carbocycles. The molecule has 106 valence electrons. The summed E-state index contributed by atoms with van der Waals surface area (Å²) < 4.78 is 2.68. The van der Waals surface area contributed by atoms with E-state index in [0.717, 1.165) is 27.0 Å². The van der Waals surface area contributed by atoms with E-state index < -0.39 is 0 Å². The van der Waals surface area contributed by atoms with Crippen LogP contribution in [0.3, 0.4) is 0 Å². The van der Waals surface area contributed by atoms with Crippen LogP contribution in [0.5, 0.6) is 0 Å². The first-order valence-corrected chi connectivity index (χ1v) is 7.05. The zero-order chi connectivity index (χ0) is 14.7. The van der Waals surface area contributed by atoms with Gasteiger partial charge in [0, 0.05) is 29.3 Å². The van der Waals surface area contributed by atoms with Gasteiger partial charge in [-0.1, -0.05) is 12.1 Å². The fourth-order valence-electron chi connectivity index (χ4n) is 1.80. The Kier molecular flexibility index (Phi) is 4.44. The number of hydrogen-bond acceptors (Lipinski definition) is 2. The summed E-state index contributed by atoms with van der Waals surface area (Å²) in [5.41, 5.74) is 3.88. The number of hydrogen-bond donors (Lipinski definition) is 2. The number of benzene rings is 1. The molecule has 0 radical (unpaired) electrons. The maximum absolute atomic E-state index is 11.9. The van der Waals surface area contributed by atoms with Crippen molar-refractivity contribution in [1.29, 1.82) is 0 Å². The molecule has 0 bridgehead atoms. The summed E-state index contributed by atoms with van der Waals surface area (Å²) in [5, 5.41) is 9.79. The summed E-state index contributed by atoms with van der Waals surface area (Å²) in [7, 11) is 1.88. The Morgan fingerprint density at radius 2 is 2.15 bits per heavy atom. The van der Waals surface area contributed by atoms with Gasteiger partial charge in [-0.05, 0) is 41.4 Å². The summed E-state index contributed by atoms with van der Waals surface area (Å²) in [5.74, 6) is 0. The molecular weight excluding hydrogens is 320 g/mol. The predicted molar refractivity (Wildman–Crippen MR) is 82.7 cm³/mol. The second-order valence-electron chi connectivity index (χ2n) is 4.62. The van der Waals surface area contributed by atoms with Crippen molar-refractivity contribution in [2.45, 2.75) is 20.4 Å². The van der Waals surface area contributed by atoms with Crippen LogP contribution < -0.4 is 10.6 Å². The maximum atomic E-state index is 11.9. The Balaban J connectivity index is 1.96. The number of anilines is 1. The van der Waals surface area contributed by atoms with E-state index in [-0.39, 0.29) is 6.03 Å². The molecule has 0 spiro atoms. The number of amides is 2. The SMILES string of the molecule is Cc1cccc(NC(=O)NCc2cnn(C)c2C)c1Br. The lowest BCUT2D eigenvalue weighted by Gasteiger charge is -2.10. The summed E-state index contributed by atoms with van der Waals surface area (Å²) in [6.07, 6.45) is 1.76. The van der Waals surface area contributed by atoms with E-state index in [1.165, 1.54) is 0 Å². The Morgan fingerprint density at radius 3 is 2.80 bits per heavy atom. The minimum absolute atomic E-state index is 0.237. The summed E-state index contributed by atoms with van der Waals surface area (Å²) in [4.78, 5) is 11.9. The molecule has 2 rings (SSSR count). The maximum Gasteiger partial charge on any atom is 0.319 e. The minimum Gasteiger partial charge on any atom is -0.334 e. The highest BCUT2D eigenvalue weighted by molar-refractivity contribution is 9.10. The Labute approximate surface area is 126 Å². The molecular formula is C14H17BrN4O. The molecule has 0 aliphatic carbocycles. The Morgan fingerprint density at radius 1 is 1.40 bits per heavy atom. The van der Waals surface area contributed by atoms with Crippen molar-refractivity contribution in [3.8, 4) is 0 Å². The highest BCUT2D eigenvalue weighted by atomic mass is 79.9. The van der Waals surface area contributed by atoms with Crippen molar-refractivity contribution < 1.29 is 4.79 Å². The normalized spacial score (nSPS) is 10.4. The second kappa shape index (κ2) is 6.09. The van der Waals surface area contributed by atoms with Crippen LogP contribution in [0.15, 0.2) is 28.9 Å². The highest BCUT2D eigenvalue weighted by Crippen LogP contribution is 2.25. The van der Waals surface area contributed by atoms with E-state index in [1.54, 1.807) is 10.9 Å². The number of halogens is 1. The van der Waals surface area contributed by atoms with Crippen LogP contribution in [-0.4, -0.2) is 15.8 Å². The van der Waals surface area contributed by atoms with Crippen molar-refractivity contribution in [3.63, 3.8) is 0 Å². The molecule has 20 heavy (non-hydrogen) atoms. The van der Waals surface area contributed by atoms with E-state index in [0.29, 0.717) is 6.54 Å². The van der Waals surface area contributed by atoms with Crippen LogP contribution in [0, 0.1) is 13.8 Å². The van der Waals surface area contributed by atoms with E-state index in [1.807, 2.05) is 39.1 Å². The zero-order valence-electron chi connectivity index (χ0n) is 11.7. The van der Waals surface area contributed by atoms with E-state index >= 15 is 0 Å². The highest BCUT2D eigenvalue weighted by Gasteiger charge is 2.08. The molecule has 0 fully saturated rings. The predicted octanol–water partition coefficient (Wildman–Crippen LogP) is 3.12. The van der Waals surface area contributed by atoms with Gasteiger partial charge in [-0.25, -0.2) is 4.79 Å². The van der Waals surface area contributed by atoms with Crippen LogP contribution >= 0.6 is 15.9 Å². The first kappa shape index (κ1) is 14.6. The lowest BCUT2D eigenvalue weighted by atomic mass is 10.2. The van der Waals surface area contributed by atoms with Crippen molar-refractivity contribution in [2.24, 2.45) is 7.05 Å². The third-order valence-corrected chi connectivity index (χ3v) is 4.27. The fraction of sp³-hybridized carbons (Fsp3) is 0.286. The monoisotopic (exact) mass is 336 g/mol. The first-order chi connectivity index (χ1) is 9.49. The third-order valence-electron chi connectivity index (χ3n) is 3.22. The summed E-state index contributed by atoms with van der Waals surface area (Å²) >= 11 is 3.46. The standard InChI is InChI=1S/C14H17BrN4O/c1-9-5-4-6-12(13(9)15)18-14(20)16-7-11-8-17-19(3)10(11)2/h4-6,8H,7H2,1-3H3,(H2,16,18,20). The van der Waals surface area contributed by atoms with Gasteiger partial charge in [-0.3, -0.25) is 4.68 Å². The molecule has 1 aromatic carbocycles. The van der Waals surface area contributed by atoms with E-state index in [4.69, 9.17) is 0 Å². The van der Waals surface area contributed by atoms with E-state index in [9.17, 15) is 4.79 Å². The van der Waals surface area contributed by atoms with Crippen LogP contribution in [0.4, 0.5) is 10.5 Å². The molecule has 0 aliphatic heterocycles. The molecule has 2 aromatic rings. The van der Waals surface area contributed by atoms with Crippen LogP contribution in [0.2, 0.25) is 0 Å². The van der Waals surface area contributed by atoms with Gasteiger partial charge in [-0.2, -0.15) is 5.10 Å². The minimum atomic E-state index is -0.237. The third kappa shape index (κ3) is 3.19. The molecule has 6 heteroatoms. The molecule has 0 aliphatic rings. The largest absolute Gasteiger partial charge is 0.334 e. The van der Waals surface area contributed by atoms with Gasteiger partial charge in [0.15, 0.2) is 0 Å². The molecule has 0 saturated heterocycles. The topological polar surface area (TPSA) is 59.0 Å². The van der Waals surface area contributed by atoms with E-state index in [2.05, 4.69) is 31.7 Å². The Bertz CT molecular complexity index is 636. The smallest absolute Gasteiger partial charge is 0.319 e. The number of rotatable bonds is 3.